The largest absolute Gasteiger partial charge is 0.474 e. The summed E-state index contributed by atoms with van der Waals surface area (Å²) in [4.78, 5) is 43.0. The monoisotopic (exact) mass is 1970 g/mol. The van der Waals surface area contributed by atoms with Crippen LogP contribution < -0.4 is 16.0 Å². The van der Waals surface area contributed by atoms with Gasteiger partial charge >= 0.3 is 7.82 Å². The van der Waals surface area contributed by atoms with Crippen molar-refractivity contribution in [1.29, 1.82) is 0 Å². The maximum Gasteiger partial charge on any atom is 0.474 e. The third-order valence-electron chi connectivity index (χ3n) is 26.4. The van der Waals surface area contributed by atoms with Crippen LogP contribution in [0.1, 0.15) is 562 Å². The van der Waals surface area contributed by atoms with E-state index in [-0.39, 0.29) is 72.8 Å². The minimum atomic E-state index is -4.67. The van der Waals surface area contributed by atoms with E-state index in [4.69, 9.17) is 13.6 Å². The van der Waals surface area contributed by atoms with Crippen molar-refractivity contribution in [1.82, 2.24) is 16.0 Å². The van der Waals surface area contributed by atoms with Gasteiger partial charge in [0.15, 0.2) is 0 Å². The van der Waals surface area contributed by atoms with Gasteiger partial charge in [-0.2, -0.15) is 0 Å². The number of amides is 3. The summed E-state index contributed by atoms with van der Waals surface area (Å²) < 4.78 is 35.6. The number of hydrogen-bond donors (Lipinski definition) is 6. The number of alkyl halides is 3. The zero-order valence-electron chi connectivity index (χ0n) is 83.0. The van der Waals surface area contributed by atoms with Gasteiger partial charge < -0.3 is 31.3 Å². The van der Waals surface area contributed by atoms with E-state index in [2.05, 4.69) is 105 Å². The van der Waals surface area contributed by atoms with Gasteiger partial charge in [-0.3, -0.25) is 28.0 Å². The van der Waals surface area contributed by atoms with Crippen molar-refractivity contribution >= 4 is 73.3 Å². The highest BCUT2D eigenvalue weighted by atomic mass is 79.9. The average molecular weight is 1980 g/mol. The molecule has 13 nitrogen and oxygen atoms in total. The molecule has 0 aliphatic heterocycles. The molecule has 0 bridgehead atoms. The van der Waals surface area contributed by atoms with Crippen molar-refractivity contribution in [3.8, 4) is 0 Å². The number of phosphoric ester groups is 1. The quantitative estimate of drug-likeness (QED) is 0.0148. The number of allylic oxidation sites excluding steroid dienone is 3. The van der Waals surface area contributed by atoms with Crippen LogP contribution in [-0.2, 0) is 32.5 Å². The van der Waals surface area contributed by atoms with Crippen molar-refractivity contribution in [3.63, 3.8) is 0 Å². The molecule has 17 heteroatoms. The first-order chi connectivity index (χ1) is 61.1. The molecule has 6 N–H and O–H groups in total. The summed E-state index contributed by atoms with van der Waals surface area (Å²) in [5.41, 5.74) is -3.86. The number of halogens is 3. The lowest BCUT2D eigenvalue weighted by molar-refractivity contribution is -0.125. The average Bonchev–Trinajstić information content (AvgIpc) is 0.830. The minimum Gasteiger partial charge on any atom is -0.387 e. The van der Waals surface area contributed by atoms with Crippen molar-refractivity contribution in [2.24, 2.45) is 0 Å². The molecule has 0 rings (SSSR count). The van der Waals surface area contributed by atoms with Crippen LogP contribution in [0.2, 0.25) is 0 Å². The highest BCUT2D eigenvalue weighted by molar-refractivity contribution is 9.09. The molecule has 0 unspecified atom stereocenters. The van der Waals surface area contributed by atoms with E-state index >= 15 is 4.57 Å². The van der Waals surface area contributed by atoms with Gasteiger partial charge in [-0.25, -0.2) is 4.57 Å². The molecule has 0 aromatic carbocycles. The van der Waals surface area contributed by atoms with E-state index in [1.165, 1.54) is 347 Å². The predicted octanol–water partition coefficient (Wildman–Crippen LogP) is 34.4. The molecule has 0 aliphatic carbocycles. The number of unbranched alkanes of at least 4 members (excludes halogenated alkanes) is 69. The number of phosphoric acid groups is 1. The van der Waals surface area contributed by atoms with Crippen LogP contribution in [-0.4, -0.2) is 104 Å². The molecular formula is C108H207Br3N3O10P. The fourth-order valence-electron chi connectivity index (χ4n) is 17.5. The Kier molecular flexibility index (Phi) is 92.8. The van der Waals surface area contributed by atoms with Gasteiger partial charge in [0.1, 0.15) is 0 Å². The normalized spacial score (nSPS) is 14.4. The van der Waals surface area contributed by atoms with Crippen LogP contribution in [0.4, 0.5) is 0 Å². The third kappa shape index (κ3) is 75.0. The standard InChI is InChI=1S/C108H207Br3N3O10P/c1-7-13-19-25-31-37-43-49-55-61-67-73-79-85-100(115)106(97-109,112-103(118)88-82-76-70-64-58-52-46-40-34-28-22-16-10-4)91-94-122-125(121,123-95-92-107(98-110,101(116)86-80-74-68-62-56-50-44-38-32-26-20-14-8-2)113-104(119)89-83-77-71-65-59-53-47-41-35-29-23-17-11-5)124-96-93-108(99-111,102(117)87-81-75-69-63-57-51-45-39-33-27-21-15-9-3)114-105(120)90-84-78-72-66-60-54-48-42-36-30-24-18-12-6/h79-81,85-87,100-102,115-117H,7-78,82-84,88-99H2,1-6H3,(H,112,118)(H,113,119)(H,114,120)/b85-79+,86-80+,87-81+/t100-,101-,102-,106-,107-,108-/m1/s1. The number of aliphatic hydroxyl groups is 3. The number of hydrogen-bond acceptors (Lipinski definition) is 10. The Bertz CT molecular complexity index is 2210. The molecule has 6 atom stereocenters. The summed E-state index contributed by atoms with van der Waals surface area (Å²) in [6.45, 7) is 12.8. The van der Waals surface area contributed by atoms with Gasteiger partial charge in [0, 0.05) is 35.3 Å². The van der Waals surface area contributed by atoms with Gasteiger partial charge in [0.05, 0.1) is 54.7 Å². The van der Waals surface area contributed by atoms with Crippen molar-refractivity contribution in [2.45, 2.75) is 597 Å². The van der Waals surface area contributed by atoms with E-state index in [1.54, 1.807) is 18.2 Å². The number of carbonyl (C=O) groups is 3. The number of carbonyl (C=O) groups excluding carboxylic acids is 3. The molecule has 0 aliphatic rings. The van der Waals surface area contributed by atoms with E-state index in [0.717, 1.165) is 135 Å². The molecule has 0 saturated carbocycles. The maximum atomic E-state index is 16.0. The van der Waals surface area contributed by atoms with Crippen molar-refractivity contribution < 1.29 is 47.8 Å². The zero-order chi connectivity index (χ0) is 91.5. The molecule has 0 radical (unpaired) electrons. The summed E-state index contributed by atoms with van der Waals surface area (Å²) in [5.74, 6) is -0.532. The van der Waals surface area contributed by atoms with Crippen LogP contribution in [0.25, 0.3) is 0 Å². The first-order valence-electron chi connectivity index (χ1n) is 54.3. The Hall–Kier alpha value is -0.940. The third-order valence-corrected chi connectivity index (χ3v) is 30.9. The minimum absolute atomic E-state index is 0.0235. The first kappa shape index (κ1) is 124. The Morgan fingerprint density at radius 3 is 0.552 bits per heavy atom. The topological polar surface area (TPSA) is 193 Å². The van der Waals surface area contributed by atoms with Crippen LogP contribution >= 0.6 is 55.6 Å². The molecule has 740 valence electrons. The lowest BCUT2D eigenvalue weighted by atomic mass is 9.89. The van der Waals surface area contributed by atoms with Gasteiger partial charge in [-0.1, -0.05) is 550 Å². The van der Waals surface area contributed by atoms with Crippen LogP contribution in [0.15, 0.2) is 36.5 Å². The highest BCUT2D eigenvalue weighted by Crippen LogP contribution is 2.51. The molecule has 0 saturated heterocycles. The van der Waals surface area contributed by atoms with Crippen molar-refractivity contribution in [2.75, 3.05) is 35.8 Å². The summed E-state index contributed by atoms with van der Waals surface area (Å²) >= 11 is 11.3. The SMILES string of the molecule is CCCCCCCCCCCCC/C=C/[C@@H](O)[C@](CBr)(CCOP(=O)(OCC[C@](CBr)(NC(=O)CCCCCCCCCCCCCCC)[C@H](O)/C=C/CCCCCCCCCCCCC)OCC[C@](CBr)(NC(=O)CCCCCCCCCCCCCCC)[C@H](O)/C=C/CCCCCCCCCCCCC)NC(=O)CCCCCCCCCCCCCCC. The number of nitrogens with one attached hydrogen (secondary N) is 3. The summed E-state index contributed by atoms with van der Waals surface area (Å²) in [5, 5.41) is 47.7. The van der Waals surface area contributed by atoms with E-state index in [9.17, 15) is 29.7 Å². The smallest absolute Gasteiger partial charge is 0.387 e. The second-order valence-corrected chi connectivity index (χ2v) is 41.6. The van der Waals surface area contributed by atoms with E-state index < -0.39 is 42.8 Å². The van der Waals surface area contributed by atoms with Gasteiger partial charge in [-0.15, -0.1) is 0 Å². The molecule has 0 heterocycles. The Balaban J connectivity index is 7.51. The molecular weight excluding hydrogens is 1770 g/mol. The number of rotatable bonds is 102. The fraction of sp³-hybridized carbons (Fsp3) is 0.917. The Labute approximate surface area is 800 Å². The second kappa shape index (κ2) is 93.5. The summed E-state index contributed by atoms with van der Waals surface area (Å²) in [6, 6.07) is 0. The lowest BCUT2D eigenvalue weighted by Crippen LogP contribution is -2.58. The van der Waals surface area contributed by atoms with Gasteiger partial charge in [0.2, 0.25) is 17.7 Å². The Morgan fingerprint density at radius 1 is 0.256 bits per heavy atom. The molecule has 3 amide bonds. The zero-order valence-corrected chi connectivity index (χ0v) is 88.6. The fourth-order valence-corrected chi connectivity index (χ4v) is 20.9. The molecule has 0 spiro atoms. The number of aliphatic hydroxyl groups excluding tert-OH is 3. The molecule has 0 fully saturated rings. The second-order valence-electron chi connectivity index (χ2n) is 38.3. The van der Waals surface area contributed by atoms with Crippen LogP contribution in [0, 0.1) is 0 Å². The summed E-state index contributed by atoms with van der Waals surface area (Å²) in [7, 11) is -4.67. The molecule has 125 heavy (non-hydrogen) atoms. The van der Waals surface area contributed by atoms with Crippen LogP contribution in [0.5, 0.6) is 0 Å². The lowest BCUT2D eigenvalue weighted by Gasteiger charge is -2.38. The maximum absolute atomic E-state index is 16.0. The molecule has 0 aromatic rings. The predicted molar refractivity (Wildman–Crippen MR) is 553 cm³/mol. The van der Waals surface area contributed by atoms with Crippen molar-refractivity contribution in [3.05, 3.63) is 36.5 Å². The van der Waals surface area contributed by atoms with E-state index in [0.29, 0.717) is 19.3 Å². The molecule has 0 aromatic heterocycles. The highest BCUT2D eigenvalue weighted by Gasteiger charge is 2.43. The Morgan fingerprint density at radius 2 is 0.400 bits per heavy atom. The first-order valence-corrected chi connectivity index (χ1v) is 59.1. The van der Waals surface area contributed by atoms with Gasteiger partial charge in [0.25, 0.3) is 0 Å². The van der Waals surface area contributed by atoms with E-state index in [1.807, 2.05) is 18.2 Å². The summed E-state index contributed by atoms with van der Waals surface area (Å²) in [6.07, 6.45) is 98.9. The van der Waals surface area contributed by atoms with Crippen LogP contribution in [0.3, 0.4) is 0 Å². The van der Waals surface area contributed by atoms with Gasteiger partial charge in [-0.05, 0) is 77.0 Å².